The molecule has 7 rings (SSSR count). The second-order valence-electron chi connectivity index (χ2n) is 9.85. The Labute approximate surface area is 278 Å². The number of nitrogens with zero attached hydrogens (tertiary/aromatic N) is 9. The highest BCUT2D eigenvalue weighted by Gasteiger charge is 2.15. The quantitative estimate of drug-likeness (QED) is 0.0635. The highest BCUT2D eigenvalue weighted by molar-refractivity contribution is 6.07. The summed E-state index contributed by atoms with van der Waals surface area (Å²) in [6, 6.07) is 11.6. The van der Waals surface area contributed by atoms with Crippen molar-refractivity contribution in [1.82, 2.24) is 76.2 Å². The van der Waals surface area contributed by atoms with E-state index >= 15 is 0 Å². The van der Waals surface area contributed by atoms with Crippen LogP contribution in [0.4, 0.5) is 5.95 Å². The molecular formula is C28H28N16O6. The van der Waals surface area contributed by atoms with Gasteiger partial charge in [-0.3, -0.25) is 34.2 Å². The lowest BCUT2D eigenvalue weighted by atomic mass is 10.1. The molecule has 0 aliphatic rings. The molecule has 0 aliphatic carbocycles. The Morgan fingerprint density at radius 3 is 2.08 bits per heavy atom. The Balaban J connectivity index is 0.000000158. The molecule has 22 heteroatoms. The Morgan fingerprint density at radius 2 is 1.44 bits per heavy atom. The monoisotopic (exact) mass is 684 g/mol. The average Bonchev–Trinajstić information content (AvgIpc) is 3.94. The molecule has 0 saturated carbocycles. The molecule has 0 fully saturated rings. The number of fused-ring (bicyclic) bond motifs is 3. The van der Waals surface area contributed by atoms with E-state index in [9.17, 15) is 24.0 Å². The van der Waals surface area contributed by atoms with Gasteiger partial charge in [-0.25, -0.2) is 4.98 Å². The van der Waals surface area contributed by atoms with Crippen molar-refractivity contribution in [3.63, 3.8) is 0 Å². The summed E-state index contributed by atoms with van der Waals surface area (Å²) in [5.41, 5.74) is 9.00. The molecule has 0 aliphatic heterocycles. The maximum Gasteiger partial charge on any atom is 0.313 e. The van der Waals surface area contributed by atoms with Gasteiger partial charge in [-0.15, -0.1) is 5.10 Å². The molecule has 0 atom stereocenters. The minimum absolute atomic E-state index is 0.0150. The van der Waals surface area contributed by atoms with Crippen LogP contribution in [-0.2, 0) is 9.53 Å². The fourth-order valence-electron chi connectivity index (χ4n) is 4.20. The summed E-state index contributed by atoms with van der Waals surface area (Å²) in [4.78, 5) is 69.4. The number of ether oxygens (including phenoxy) is 1. The number of carbonyl (C=O) groups is 4. The number of H-pyrrole nitrogens is 4. The topological polar surface area (TPSA) is 315 Å². The highest BCUT2D eigenvalue weighted by atomic mass is 16.5. The van der Waals surface area contributed by atoms with E-state index in [0.717, 1.165) is 4.52 Å². The van der Waals surface area contributed by atoms with E-state index in [4.69, 9.17) is 10.5 Å². The second-order valence-corrected chi connectivity index (χ2v) is 9.85. The smallest absolute Gasteiger partial charge is 0.313 e. The number of benzene rings is 2. The van der Waals surface area contributed by atoms with Gasteiger partial charge in [-0.05, 0) is 37.3 Å². The molecule has 8 N–H and O–H groups in total. The Bertz CT molecular complexity index is 2390. The Morgan fingerprint density at radius 1 is 0.800 bits per heavy atom. The van der Waals surface area contributed by atoms with Crippen molar-refractivity contribution in [1.29, 1.82) is 0 Å². The normalized spacial score (nSPS) is 10.5. The van der Waals surface area contributed by atoms with Gasteiger partial charge in [0.2, 0.25) is 17.6 Å². The van der Waals surface area contributed by atoms with Crippen molar-refractivity contribution >= 4 is 57.4 Å². The molecule has 0 spiro atoms. The van der Waals surface area contributed by atoms with E-state index in [1.54, 1.807) is 43.3 Å². The van der Waals surface area contributed by atoms with Gasteiger partial charge in [0.05, 0.1) is 12.3 Å². The first kappa shape index (κ1) is 34.0. The van der Waals surface area contributed by atoms with Crippen molar-refractivity contribution in [2.45, 2.75) is 13.3 Å². The lowest BCUT2D eigenvalue weighted by Gasteiger charge is -2.01. The summed E-state index contributed by atoms with van der Waals surface area (Å²) >= 11 is 0. The van der Waals surface area contributed by atoms with Crippen LogP contribution in [0.2, 0.25) is 0 Å². The molecule has 5 aromatic heterocycles. The van der Waals surface area contributed by atoms with Crippen LogP contribution in [0.3, 0.4) is 0 Å². The summed E-state index contributed by atoms with van der Waals surface area (Å²) in [6.07, 6.45) is -0.253. The van der Waals surface area contributed by atoms with Crippen LogP contribution in [0.1, 0.15) is 44.9 Å². The summed E-state index contributed by atoms with van der Waals surface area (Å²) in [6.45, 7) is 1.97. The molecule has 22 nitrogen and oxygen atoms in total. The summed E-state index contributed by atoms with van der Waals surface area (Å²) < 4.78 is 5.83. The summed E-state index contributed by atoms with van der Waals surface area (Å²) in [5, 5.41) is 33.9. The first-order valence-corrected chi connectivity index (χ1v) is 14.5. The Hall–Kier alpha value is -7.39. The number of nitrogen functional groups attached to an aromatic ring is 1. The van der Waals surface area contributed by atoms with Crippen LogP contribution in [-0.4, -0.2) is 110 Å². The third-order valence-electron chi connectivity index (χ3n) is 6.58. The maximum atomic E-state index is 12.2. The van der Waals surface area contributed by atoms with Gasteiger partial charge in [0.15, 0.2) is 5.78 Å². The van der Waals surface area contributed by atoms with E-state index in [0.29, 0.717) is 38.9 Å². The zero-order valence-electron chi connectivity index (χ0n) is 26.5. The van der Waals surface area contributed by atoms with Gasteiger partial charge in [0.25, 0.3) is 23.2 Å². The number of esters is 1. The minimum Gasteiger partial charge on any atom is -0.466 e. The predicted octanol–water partition coefficient (Wildman–Crippen LogP) is -0.444. The SMILES string of the molecule is CCOC(=O)CC(=O)c1ccc2n[nH]nc2c1.CNC(=O)c1nc(N)n[nH]1.CNC(=O)c1nc2nc(-c3ccc4n[nH]nc4c3)cc(=O)n2[nH]1. The van der Waals surface area contributed by atoms with Gasteiger partial charge in [-0.2, -0.15) is 45.3 Å². The van der Waals surface area contributed by atoms with Gasteiger partial charge in [0.1, 0.15) is 28.5 Å². The number of ketones is 1. The number of hydrogen-bond acceptors (Lipinski definition) is 15. The lowest BCUT2D eigenvalue weighted by Crippen LogP contribution is -2.20. The third-order valence-corrected chi connectivity index (χ3v) is 6.58. The van der Waals surface area contributed by atoms with E-state index in [2.05, 4.69) is 71.7 Å². The van der Waals surface area contributed by atoms with Crippen molar-refractivity contribution in [3.8, 4) is 11.3 Å². The minimum atomic E-state index is -0.516. The van der Waals surface area contributed by atoms with E-state index in [-0.39, 0.29) is 53.7 Å². The number of aromatic amines is 4. The largest absolute Gasteiger partial charge is 0.466 e. The number of hydrogen-bond donors (Lipinski definition) is 7. The van der Waals surface area contributed by atoms with E-state index in [1.165, 1.54) is 20.2 Å². The molecule has 256 valence electrons. The standard InChI is InChI=1S/C13H10N8O2.C11H11N3O3.C4H7N5O/c1-14-12(23)11-16-13-15-8(5-10(22)21(13)19-11)6-2-3-7-9(4-6)18-20-17-7;1-2-17-11(16)6-10(15)7-3-4-8-9(5-7)13-14-12-8;1-6-3(10)2-7-4(5)9-8-2/h2-5H,1H3,(H,14,23)(H,15,16,19)(H,17,18,20);3-5H,2,6H2,1H3,(H,12,13,14);1H3,(H,6,10)(H3,5,7,8,9). The number of nitrogens with two attached hydrogens (primary N) is 1. The second kappa shape index (κ2) is 15.0. The highest BCUT2D eigenvalue weighted by Crippen LogP contribution is 2.20. The molecule has 2 aromatic carbocycles. The molecule has 0 unspecified atom stereocenters. The van der Waals surface area contributed by atoms with Crippen molar-refractivity contribution in [2.24, 2.45) is 0 Å². The van der Waals surface area contributed by atoms with Crippen molar-refractivity contribution < 1.29 is 23.9 Å². The fourth-order valence-corrected chi connectivity index (χ4v) is 4.20. The number of carbonyl (C=O) groups excluding carboxylic acids is 4. The number of amides is 2. The molecule has 0 radical (unpaired) electrons. The number of aromatic nitrogens is 13. The van der Waals surface area contributed by atoms with Gasteiger partial charge in [0, 0.05) is 31.3 Å². The maximum absolute atomic E-state index is 12.2. The van der Waals surface area contributed by atoms with Crippen molar-refractivity contribution in [3.05, 3.63) is 70.0 Å². The lowest BCUT2D eigenvalue weighted by molar-refractivity contribution is -0.141. The number of Topliss-reactive ketones (excluding diaryl/α,β-unsaturated/α-hetero) is 1. The van der Waals surface area contributed by atoms with Crippen molar-refractivity contribution in [2.75, 3.05) is 26.4 Å². The van der Waals surface area contributed by atoms with Gasteiger partial charge in [-0.1, -0.05) is 6.07 Å². The van der Waals surface area contributed by atoms with E-state index < -0.39 is 11.9 Å². The molecular weight excluding hydrogens is 656 g/mol. The Kier molecular flexibility index (Phi) is 10.2. The molecule has 5 heterocycles. The summed E-state index contributed by atoms with van der Waals surface area (Å²) in [5.74, 6) is -1.23. The average molecular weight is 685 g/mol. The molecule has 0 saturated heterocycles. The van der Waals surface area contributed by atoms with Crippen LogP contribution >= 0.6 is 0 Å². The molecule has 2 amide bonds. The first-order chi connectivity index (χ1) is 24.1. The zero-order chi connectivity index (χ0) is 35.8. The molecule has 0 bridgehead atoms. The first-order valence-electron chi connectivity index (χ1n) is 14.5. The van der Waals surface area contributed by atoms with Crippen LogP contribution in [0.5, 0.6) is 0 Å². The number of rotatable bonds is 7. The number of anilines is 1. The number of nitrogens with one attached hydrogen (secondary N) is 6. The van der Waals surface area contributed by atoms with Gasteiger partial charge >= 0.3 is 5.97 Å². The predicted molar refractivity (Wildman–Crippen MR) is 174 cm³/mol. The van der Waals surface area contributed by atoms with Crippen LogP contribution in [0, 0.1) is 0 Å². The fraction of sp³-hybridized carbons (Fsp3) is 0.179. The van der Waals surface area contributed by atoms with Gasteiger partial charge < -0.3 is 21.1 Å². The molecule has 50 heavy (non-hydrogen) atoms. The zero-order valence-corrected chi connectivity index (χ0v) is 26.5. The van der Waals surface area contributed by atoms with Crippen LogP contribution in [0.15, 0.2) is 47.3 Å². The summed E-state index contributed by atoms with van der Waals surface area (Å²) in [7, 11) is 2.98. The van der Waals surface area contributed by atoms with Crippen LogP contribution < -0.4 is 21.9 Å². The van der Waals surface area contributed by atoms with E-state index in [1.807, 2.05) is 0 Å². The molecule has 7 aromatic rings. The van der Waals surface area contributed by atoms with Crippen LogP contribution in [0.25, 0.3) is 39.1 Å². The third kappa shape index (κ3) is 7.76.